The molecule has 4 atom stereocenters. The molecule has 8 nitrogen and oxygen atoms in total. The number of thiazole rings is 1. The van der Waals surface area contributed by atoms with Gasteiger partial charge in [-0.2, -0.15) is 0 Å². The molecule has 2 unspecified atom stereocenters. The average molecular weight is 425 g/mol. The maximum absolute atomic E-state index is 12.7. The summed E-state index contributed by atoms with van der Waals surface area (Å²) < 4.78 is 7.66. The van der Waals surface area contributed by atoms with Crippen LogP contribution in [0.3, 0.4) is 0 Å². The molecular formula is C21H24N6O2S. The van der Waals surface area contributed by atoms with E-state index in [1.54, 1.807) is 6.20 Å². The summed E-state index contributed by atoms with van der Waals surface area (Å²) in [6.07, 6.45) is 5.74. The first-order valence-electron chi connectivity index (χ1n) is 10.3. The van der Waals surface area contributed by atoms with Crippen LogP contribution in [0, 0.1) is 11.8 Å². The summed E-state index contributed by atoms with van der Waals surface area (Å²) in [6.45, 7) is 3.02. The summed E-state index contributed by atoms with van der Waals surface area (Å²) >= 11 is 1.46. The molecule has 3 saturated heterocycles. The van der Waals surface area contributed by atoms with Gasteiger partial charge < -0.3 is 10.1 Å². The van der Waals surface area contributed by atoms with Gasteiger partial charge >= 0.3 is 0 Å². The molecule has 0 spiro atoms. The number of hydrogen-bond donors (Lipinski definition) is 1. The number of fused-ring (bicyclic) bond motifs is 3. The van der Waals surface area contributed by atoms with Gasteiger partial charge in [0, 0.05) is 24.2 Å². The van der Waals surface area contributed by atoms with Crippen molar-refractivity contribution in [1.29, 1.82) is 0 Å². The topological polar surface area (TPSA) is 85.2 Å². The highest BCUT2D eigenvalue weighted by Crippen LogP contribution is 2.37. The number of benzene rings is 1. The monoisotopic (exact) mass is 424 g/mol. The second kappa shape index (κ2) is 8.53. The van der Waals surface area contributed by atoms with Crippen molar-refractivity contribution in [1.82, 2.24) is 24.9 Å². The molecule has 6 rings (SSSR count). The van der Waals surface area contributed by atoms with E-state index in [1.807, 2.05) is 46.6 Å². The number of hydrogen-bond acceptors (Lipinski definition) is 7. The zero-order valence-electron chi connectivity index (χ0n) is 16.6. The van der Waals surface area contributed by atoms with Gasteiger partial charge in [-0.05, 0) is 37.4 Å². The predicted molar refractivity (Wildman–Crippen MR) is 113 cm³/mol. The van der Waals surface area contributed by atoms with Crippen LogP contribution in [-0.2, 0) is 17.9 Å². The Morgan fingerprint density at radius 3 is 2.97 bits per heavy atom. The van der Waals surface area contributed by atoms with Crippen LogP contribution < -0.4 is 10.1 Å². The number of ether oxygens (including phenoxy) is 1. The average Bonchev–Trinajstić information content (AvgIpc) is 3.45. The normalized spacial score (nSPS) is 25.2. The molecule has 3 aliphatic heterocycles. The second-order valence-electron chi connectivity index (χ2n) is 7.90. The molecule has 2 bridgehead atoms. The number of nitrogens with zero attached hydrogens (tertiary/aromatic N) is 5. The van der Waals surface area contributed by atoms with Crippen LogP contribution in [0.4, 0.5) is 5.13 Å². The lowest BCUT2D eigenvalue weighted by atomic mass is 9.75. The lowest BCUT2D eigenvalue weighted by Gasteiger charge is -2.49. The Morgan fingerprint density at radius 1 is 1.30 bits per heavy atom. The molecule has 0 aliphatic carbocycles. The van der Waals surface area contributed by atoms with E-state index < -0.39 is 0 Å². The third-order valence-electron chi connectivity index (χ3n) is 5.99. The fourth-order valence-corrected chi connectivity index (χ4v) is 5.02. The first kappa shape index (κ1) is 19.2. The van der Waals surface area contributed by atoms with Gasteiger partial charge in [0.15, 0.2) is 5.13 Å². The zero-order chi connectivity index (χ0) is 20.3. The smallest absolute Gasteiger partial charge is 0.230 e. The molecule has 5 heterocycles. The van der Waals surface area contributed by atoms with E-state index in [9.17, 15) is 4.79 Å². The predicted octanol–water partition coefficient (Wildman–Crippen LogP) is 2.66. The number of nitrogens with one attached hydrogen (secondary N) is 1. The van der Waals surface area contributed by atoms with Crippen LogP contribution >= 0.6 is 11.3 Å². The lowest BCUT2D eigenvalue weighted by molar-refractivity contribution is -0.127. The standard InChI is InChI=1S/C21H24N6O2S/c28-20(23-21-22-7-9-30-21)19-13-26-8-6-15(19)10-17(26)12-27-11-16(24-25-27)14-29-18-4-2-1-3-5-18/h1-5,7,9,11,15,17,19H,6,8,10,12-14H2,(H,22,23,28)/t15?,17-,19+/m1/s1. The SMILES string of the molecule is O=C(Nc1nccs1)[C@H]1CN2CCC1C[C@@H]2Cn1cc(COc2ccccc2)nn1. The van der Waals surface area contributed by atoms with Crippen molar-refractivity contribution in [2.45, 2.75) is 32.0 Å². The van der Waals surface area contributed by atoms with Crippen LogP contribution in [0.5, 0.6) is 5.75 Å². The number of aromatic nitrogens is 4. The van der Waals surface area contributed by atoms with E-state index in [-0.39, 0.29) is 11.8 Å². The summed E-state index contributed by atoms with van der Waals surface area (Å²) in [5.41, 5.74) is 0.815. The maximum Gasteiger partial charge on any atom is 0.230 e. The second-order valence-corrected chi connectivity index (χ2v) is 8.79. The minimum atomic E-state index is 0.0319. The molecule has 30 heavy (non-hydrogen) atoms. The molecule has 1 amide bonds. The van der Waals surface area contributed by atoms with Crippen LogP contribution in [0.1, 0.15) is 18.5 Å². The molecule has 2 aromatic heterocycles. The maximum atomic E-state index is 12.7. The summed E-state index contributed by atoms with van der Waals surface area (Å²) in [5, 5.41) is 14.1. The van der Waals surface area contributed by atoms with Gasteiger partial charge in [0.2, 0.25) is 5.91 Å². The van der Waals surface area contributed by atoms with Gasteiger partial charge in [0.05, 0.1) is 18.7 Å². The fraction of sp³-hybridized carbons (Fsp3) is 0.429. The van der Waals surface area contributed by atoms with Gasteiger partial charge in [-0.3, -0.25) is 14.4 Å². The highest BCUT2D eigenvalue weighted by molar-refractivity contribution is 7.13. The molecule has 0 saturated carbocycles. The third kappa shape index (κ3) is 4.22. The molecule has 3 aromatic rings. The van der Waals surface area contributed by atoms with E-state index >= 15 is 0 Å². The van der Waals surface area contributed by atoms with Gasteiger partial charge in [-0.25, -0.2) is 4.98 Å². The van der Waals surface area contributed by atoms with Crippen molar-refractivity contribution in [2.75, 3.05) is 18.4 Å². The Hall–Kier alpha value is -2.78. The zero-order valence-corrected chi connectivity index (χ0v) is 17.4. The number of amides is 1. The van der Waals surface area contributed by atoms with Gasteiger partial charge in [-0.1, -0.05) is 23.4 Å². The van der Waals surface area contributed by atoms with Gasteiger partial charge in [-0.15, -0.1) is 16.4 Å². The van der Waals surface area contributed by atoms with Crippen LogP contribution in [0.15, 0.2) is 48.1 Å². The summed E-state index contributed by atoms with van der Waals surface area (Å²) in [5.74, 6) is 1.36. The Morgan fingerprint density at radius 2 is 2.20 bits per heavy atom. The highest BCUT2D eigenvalue weighted by atomic mass is 32.1. The van der Waals surface area contributed by atoms with Gasteiger partial charge in [0.25, 0.3) is 0 Å². The third-order valence-corrected chi connectivity index (χ3v) is 6.68. The number of anilines is 1. The first-order chi connectivity index (χ1) is 14.7. The molecule has 3 aliphatic rings. The Kier molecular flexibility index (Phi) is 5.46. The van der Waals surface area contributed by atoms with Crippen molar-refractivity contribution in [3.05, 3.63) is 53.8 Å². The van der Waals surface area contributed by atoms with Crippen LogP contribution in [-0.4, -0.2) is 49.9 Å². The lowest BCUT2D eigenvalue weighted by Crippen LogP contribution is -2.57. The van der Waals surface area contributed by atoms with Crippen molar-refractivity contribution >= 4 is 22.4 Å². The highest BCUT2D eigenvalue weighted by Gasteiger charge is 2.43. The van der Waals surface area contributed by atoms with Crippen LogP contribution in [0.25, 0.3) is 0 Å². The molecule has 156 valence electrons. The van der Waals surface area contributed by atoms with Crippen molar-refractivity contribution in [2.24, 2.45) is 11.8 Å². The van der Waals surface area contributed by atoms with E-state index in [0.29, 0.717) is 23.7 Å². The minimum Gasteiger partial charge on any atom is -0.487 e. The molecule has 1 N–H and O–H groups in total. The molecule has 0 radical (unpaired) electrons. The van der Waals surface area contributed by atoms with Crippen molar-refractivity contribution in [3.8, 4) is 5.75 Å². The minimum absolute atomic E-state index is 0.0319. The number of piperidine rings is 3. The number of carbonyl (C=O) groups excluding carboxylic acids is 1. The summed E-state index contributed by atoms with van der Waals surface area (Å²) in [4.78, 5) is 19.3. The fourth-order valence-electron chi connectivity index (χ4n) is 4.49. The molecule has 1 aromatic carbocycles. The molecule has 9 heteroatoms. The Labute approximate surface area is 178 Å². The number of rotatable bonds is 7. The summed E-state index contributed by atoms with van der Waals surface area (Å²) in [7, 11) is 0. The summed E-state index contributed by atoms with van der Waals surface area (Å²) in [6, 6.07) is 10.1. The van der Waals surface area contributed by atoms with Gasteiger partial charge in [0.1, 0.15) is 18.1 Å². The molecular weight excluding hydrogens is 400 g/mol. The van der Waals surface area contributed by atoms with E-state index in [0.717, 1.165) is 43.9 Å². The number of para-hydroxylation sites is 1. The molecule has 3 fully saturated rings. The van der Waals surface area contributed by atoms with E-state index in [1.165, 1.54) is 11.3 Å². The van der Waals surface area contributed by atoms with E-state index in [2.05, 4.69) is 25.5 Å². The van der Waals surface area contributed by atoms with E-state index in [4.69, 9.17) is 4.74 Å². The number of carbonyl (C=O) groups is 1. The quantitative estimate of drug-likeness (QED) is 0.628. The first-order valence-corrected chi connectivity index (χ1v) is 11.1. The Bertz CT molecular complexity index is 977. The van der Waals surface area contributed by atoms with Crippen molar-refractivity contribution < 1.29 is 9.53 Å². The largest absolute Gasteiger partial charge is 0.487 e. The van der Waals surface area contributed by atoms with Crippen LogP contribution in [0.2, 0.25) is 0 Å². The van der Waals surface area contributed by atoms with Crippen molar-refractivity contribution in [3.63, 3.8) is 0 Å². The Balaban J connectivity index is 1.16.